The molecule has 0 amide bonds. The van der Waals surface area contributed by atoms with E-state index < -0.39 is 0 Å². The molecule has 222 valence electrons. The highest BCUT2D eigenvalue weighted by Gasteiger charge is 2.19. The number of aryl methyl sites for hydroxylation is 2. The Labute approximate surface area is 279 Å². The number of pyridine rings is 2. The average molecular weight is 669 g/mol. The quantitative estimate of drug-likeness (QED) is 0.175. The van der Waals surface area contributed by atoms with Crippen LogP contribution < -0.4 is 10.9 Å². The van der Waals surface area contributed by atoms with Crippen molar-refractivity contribution in [2.45, 2.75) is 0 Å². The Morgan fingerprint density at radius 1 is 0.457 bits per heavy atom. The number of thiophene rings is 4. The summed E-state index contributed by atoms with van der Waals surface area (Å²) < 4.78 is 4.17. The van der Waals surface area contributed by atoms with Gasteiger partial charge in [-0.2, -0.15) is 0 Å². The van der Waals surface area contributed by atoms with Gasteiger partial charge in [-0.15, -0.1) is 45.3 Å². The van der Waals surface area contributed by atoms with Gasteiger partial charge in [-0.25, -0.2) is 0 Å². The minimum absolute atomic E-state index is 0.0263. The second-order valence-corrected chi connectivity index (χ2v) is 15.4. The number of benzene rings is 3. The lowest BCUT2D eigenvalue weighted by Gasteiger charge is -2.17. The molecule has 0 saturated heterocycles. The van der Waals surface area contributed by atoms with Crippen LogP contribution in [0, 0.1) is 0 Å². The van der Waals surface area contributed by atoms with Crippen LogP contribution in [0.1, 0.15) is 0 Å². The van der Waals surface area contributed by atoms with E-state index in [1.54, 1.807) is 45.3 Å². The summed E-state index contributed by atoms with van der Waals surface area (Å²) in [4.78, 5) is 35.6. The largest absolute Gasteiger partial charge is 0.343 e. The average Bonchev–Trinajstić information content (AvgIpc) is 3.92. The van der Waals surface area contributed by atoms with E-state index in [0.29, 0.717) is 21.5 Å². The summed E-state index contributed by atoms with van der Waals surface area (Å²) in [6.07, 6.45) is 0. The predicted molar refractivity (Wildman–Crippen MR) is 200 cm³/mol. The molecule has 6 aromatic heterocycles. The molecule has 46 heavy (non-hydrogen) atoms. The molecule has 6 heterocycles. The third-order valence-corrected chi connectivity index (χ3v) is 13.2. The van der Waals surface area contributed by atoms with Crippen LogP contribution >= 0.6 is 45.3 Å². The van der Waals surface area contributed by atoms with Crippen LogP contribution in [0.3, 0.4) is 0 Å². The SMILES string of the molecule is Cn1c2cc3c(=O)c4cccc(-c5ccc(-c6cccs6)s5)c4n(C)c3cc2c(=O)c2cccc(-c3ccc(-c4cccs4)s3)c21. The van der Waals surface area contributed by atoms with Gasteiger partial charge in [0.15, 0.2) is 10.9 Å². The van der Waals surface area contributed by atoms with Gasteiger partial charge < -0.3 is 9.13 Å². The van der Waals surface area contributed by atoms with E-state index in [-0.39, 0.29) is 10.9 Å². The van der Waals surface area contributed by atoms with E-state index in [2.05, 4.69) is 80.6 Å². The topological polar surface area (TPSA) is 44.0 Å². The fourth-order valence-corrected chi connectivity index (χ4v) is 10.4. The van der Waals surface area contributed by atoms with Crippen LogP contribution in [0.4, 0.5) is 0 Å². The fourth-order valence-electron chi connectivity index (χ4n) is 6.67. The summed E-state index contributed by atoms with van der Waals surface area (Å²) in [7, 11) is 4.00. The Bertz CT molecular complexity index is 2570. The van der Waals surface area contributed by atoms with Gasteiger partial charge in [0.25, 0.3) is 0 Å². The zero-order valence-corrected chi connectivity index (χ0v) is 28.0. The van der Waals surface area contributed by atoms with Gasteiger partial charge >= 0.3 is 0 Å². The summed E-state index contributed by atoms with van der Waals surface area (Å²) in [5.41, 5.74) is 5.22. The van der Waals surface area contributed by atoms with Crippen LogP contribution in [-0.4, -0.2) is 9.13 Å². The zero-order chi connectivity index (χ0) is 31.1. The van der Waals surface area contributed by atoms with Crippen LogP contribution in [0.5, 0.6) is 0 Å². The lowest BCUT2D eigenvalue weighted by molar-refractivity contribution is 0.995. The van der Waals surface area contributed by atoms with Crippen molar-refractivity contribution < 1.29 is 0 Å². The number of fused-ring (bicyclic) bond motifs is 4. The van der Waals surface area contributed by atoms with Crippen molar-refractivity contribution in [3.63, 3.8) is 0 Å². The first kappa shape index (κ1) is 27.7. The first-order chi connectivity index (χ1) is 22.5. The molecular formula is C38H24N2O2S4. The molecule has 0 radical (unpaired) electrons. The molecule has 0 atom stereocenters. The Morgan fingerprint density at radius 3 is 1.30 bits per heavy atom. The van der Waals surface area contributed by atoms with Crippen molar-refractivity contribution in [1.82, 2.24) is 9.13 Å². The highest BCUT2D eigenvalue weighted by Crippen LogP contribution is 2.41. The summed E-state index contributed by atoms with van der Waals surface area (Å²) >= 11 is 6.91. The van der Waals surface area contributed by atoms with Crippen molar-refractivity contribution in [1.29, 1.82) is 0 Å². The van der Waals surface area contributed by atoms with Crippen molar-refractivity contribution in [3.05, 3.63) is 128 Å². The van der Waals surface area contributed by atoms with Gasteiger partial charge in [-0.05, 0) is 71.4 Å². The number of rotatable bonds is 4. The molecule has 0 fully saturated rings. The van der Waals surface area contributed by atoms with Crippen LogP contribution in [0.25, 0.3) is 84.0 Å². The summed E-state index contributed by atoms with van der Waals surface area (Å²) in [6.45, 7) is 0. The maximum absolute atomic E-state index is 14.2. The molecule has 0 aliphatic rings. The van der Waals surface area contributed by atoms with Crippen molar-refractivity contribution in [2.75, 3.05) is 0 Å². The van der Waals surface area contributed by atoms with Gasteiger partial charge in [0.1, 0.15) is 0 Å². The molecule has 9 aromatic rings. The lowest BCUT2D eigenvalue weighted by atomic mass is 10.0. The molecule has 4 nitrogen and oxygen atoms in total. The number of para-hydroxylation sites is 2. The molecular weight excluding hydrogens is 645 g/mol. The Balaban J connectivity index is 1.29. The molecule has 0 aliphatic heterocycles. The standard InChI is InChI=1S/C38H24N2O2S4/c1-39-27-19-26-28(40(2)36-22(8-4-10-24(36)38(26)42)30-14-16-34(46-30)32-12-6-18-44-32)20-25(27)37(41)23-9-3-7-21(35(23)39)29-13-15-33(45-29)31-11-5-17-43-31/h3-20H,1-2H3. The third-order valence-electron chi connectivity index (χ3n) is 8.83. The van der Waals surface area contributed by atoms with Crippen molar-refractivity contribution in [3.8, 4) is 40.4 Å². The fraction of sp³-hybridized carbons (Fsp3) is 0.0526. The maximum Gasteiger partial charge on any atom is 0.197 e. The molecule has 8 heteroatoms. The van der Waals surface area contributed by atoms with E-state index in [9.17, 15) is 9.59 Å². The molecule has 9 rings (SSSR count). The monoisotopic (exact) mass is 668 g/mol. The minimum Gasteiger partial charge on any atom is -0.343 e. The van der Waals surface area contributed by atoms with E-state index >= 15 is 0 Å². The maximum atomic E-state index is 14.2. The highest BCUT2D eigenvalue weighted by molar-refractivity contribution is 7.23. The number of hydrogen-bond donors (Lipinski definition) is 0. The normalized spacial score (nSPS) is 11.9. The Hall–Kier alpha value is -4.60. The number of hydrogen-bond acceptors (Lipinski definition) is 6. The van der Waals surface area contributed by atoms with Gasteiger partial charge in [0.2, 0.25) is 0 Å². The highest BCUT2D eigenvalue weighted by atomic mass is 32.1. The van der Waals surface area contributed by atoms with E-state index in [4.69, 9.17) is 0 Å². The van der Waals surface area contributed by atoms with Gasteiger partial charge in [0.05, 0.1) is 22.1 Å². The van der Waals surface area contributed by atoms with E-state index in [1.807, 2.05) is 50.5 Å². The second-order valence-electron chi connectivity index (χ2n) is 11.3. The Morgan fingerprint density at radius 2 is 0.891 bits per heavy atom. The first-order valence-corrected chi connectivity index (χ1v) is 18.2. The second kappa shape index (κ2) is 10.5. The number of nitrogens with zero attached hydrogens (tertiary/aromatic N) is 2. The summed E-state index contributed by atoms with van der Waals surface area (Å²) in [6, 6.07) is 32.8. The van der Waals surface area contributed by atoms with Crippen LogP contribution in [0.15, 0.2) is 117 Å². The third kappa shape index (κ3) is 4.08. The summed E-state index contributed by atoms with van der Waals surface area (Å²) in [5.74, 6) is 0. The van der Waals surface area contributed by atoms with Crippen LogP contribution in [-0.2, 0) is 14.1 Å². The first-order valence-electron chi connectivity index (χ1n) is 14.8. The molecule has 0 unspecified atom stereocenters. The predicted octanol–water partition coefficient (Wildman–Crippen LogP) is 10.6. The molecule has 0 saturated carbocycles. The molecule has 3 aromatic carbocycles. The molecule has 0 bridgehead atoms. The van der Waals surface area contributed by atoms with Gasteiger partial charge in [-0.1, -0.05) is 36.4 Å². The van der Waals surface area contributed by atoms with Crippen LogP contribution in [0.2, 0.25) is 0 Å². The lowest BCUT2D eigenvalue weighted by Crippen LogP contribution is -2.14. The van der Waals surface area contributed by atoms with Gasteiger partial charge in [0, 0.05) is 76.0 Å². The minimum atomic E-state index is -0.0263. The van der Waals surface area contributed by atoms with Crippen molar-refractivity contribution in [2.24, 2.45) is 14.1 Å². The molecule has 0 aliphatic carbocycles. The van der Waals surface area contributed by atoms with Crippen molar-refractivity contribution >= 4 is 89.0 Å². The van der Waals surface area contributed by atoms with E-state index in [1.165, 1.54) is 19.5 Å². The smallest absolute Gasteiger partial charge is 0.197 e. The molecule has 0 N–H and O–H groups in total. The summed E-state index contributed by atoms with van der Waals surface area (Å²) in [5, 5.41) is 6.73. The molecule has 0 spiro atoms. The Kier molecular flexibility index (Phi) is 6.30. The zero-order valence-electron chi connectivity index (χ0n) is 24.7. The van der Waals surface area contributed by atoms with E-state index in [0.717, 1.165) is 42.9 Å². The number of aromatic nitrogens is 2. The van der Waals surface area contributed by atoms with Gasteiger partial charge in [-0.3, -0.25) is 9.59 Å².